The Balaban J connectivity index is 1.24. The molecule has 0 atom stereocenters. The molecule has 38 heavy (non-hydrogen) atoms. The smallest absolute Gasteiger partial charge is 0.251 e. The van der Waals surface area contributed by atoms with Gasteiger partial charge in [-0.25, -0.2) is 8.42 Å². The first-order valence-corrected chi connectivity index (χ1v) is 14.1. The minimum Gasteiger partial charge on any atom is -0.493 e. The Morgan fingerprint density at radius 2 is 1.47 bits per heavy atom. The van der Waals surface area contributed by atoms with E-state index in [0.717, 1.165) is 16.7 Å². The van der Waals surface area contributed by atoms with Crippen LogP contribution in [0.1, 0.15) is 27.0 Å². The third kappa shape index (κ3) is 6.72. The predicted octanol–water partition coefficient (Wildman–Crippen LogP) is 3.49. The second-order valence-electron chi connectivity index (χ2n) is 9.39. The van der Waals surface area contributed by atoms with Gasteiger partial charge in [-0.1, -0.05) is 35.9 Å². The van der Waals surface area contributed by atoms with Crippen LogP contribution >= 0.6 is 0 Å². The molecule has 0 radical (unpaired) electrons. The summed E-state index contributed by atoms with van der Waals surface area (Å²) in [6.07, 6.45) is 0.676. The minimum absolute atomic E-state index is 0.119. The van der Waals surface area contributed by atoms with Crippen molar-refractivity contribution in [3.05, 3.63) is 89.0 Å². The van der Waals surface area contributed by atoms with Crippen LogP contribution in [0.3, 0.4) is 0 Å². The lowest BCUT2D eigenvalue weighted by Crippen LogP contribution is -2.48. The van der Waals surface area contributed by atoms with Crippen molar-refractivity contribution < 1.29 is 22.7 Å². The maximum Gasteiger partial charge on any atom is 0.251 e. The van der Waals surface area contributed by atoms with E-state index in [1.807, 2.05) is 61.5 Å². The van der Waals surface area contributed by atoms with Gasteiger partial charge in [0, 0.05) is 44.8 Å². The summed E-state index contributed by atoms with van der Waals surface area (Å²) in [4.78, 5) is 15.2. The van der Waals surface area contributed by atoms with Gasteiger partial charge in [-0.05, 0) is 60.9 Å². The fraction of sp³-hybridized carbons (Fsp3) is 0.345. The number of carbonyl (C=O) groups excluding carboxylic acids is 1. The van der Waals surface area contributed by atoms with Crippen LogP contribution in [0.2, 0.25) is 0 Å². The molecule has 1 amide bonds. The molecule has 4 rings (SSSR count). The zero-order valence-electron chi connectivity index (χ0n) is 22.1. The van der Waals surface area contributed by atoms with E-state index in [1.165, 1.54) is 0 Å². The molecule has 9 heteroatoms. The molecule has 1 aliphatic heterocycles. The van der Waals surface area contributed by atoms with Crippen LogP contribution < -0.4 is 14.8 Å². The van der Waals surface area contributed by atoms with Gasteiger partial charge in [0.25, 0.3) is 5.91 Å². The van der Waals surface area contributed by atoms with E-state index in [4.69, 9.17) is 9.47 Å². The van der Waals surface area contributed by atoms with E-state index >= 15 is 0 Å². The highest BCUT2D eigenvalue weighted by Gasteiger charge is 2.28. The molecule has 202 valence electrons. The normalized spacial score (nSPS) is 14.7. The van der Waals surface area contributed by atoms with E-state index in [2.05, 4.69) is 10.2 Å². The van der Waals surface area contributed by atoms with E-state index in [9.17, 15) is 13.2 Å². The lowest BCUT2D eigenvalue weighted by molar-refractivity contribution is 0.0954. The molecule has 0 bridgehead atoms. The number of rotatable bonds is 10. The first-order chi connectivity index (χ1) is 18.3. The number of piperazine rings is 1. The number of nitrogens with one attached hydrogen (secondary N) is 1. The SMILES string of the molecule is COc1ccc(CCNC(=O)c2ccc(CN3CCN(S(=O)(=O)c4ccc(C)cc4)CC3)cc2)cc1OC. The topological polar surface area (TPSA) is 88.2 Å². The van der Waals surface area contributed by atoms with E-state index in [0.29, 0.717) is 67.6 Å². The molecule has 1 N–H and O–H groups in total. The highest BCUT2D eigenvalue weighted by Crippen LogP contribution is 2.27. The Morgan fingerprint density at radius 3 is 2.11 bits per heavy atom. The molecule has 0 aromatic heterocycles. The molecule has 3 aromatic carbocycles. The number of hydrogen-bond donors (Lipinski definition) is 1. The van der Waals surface area contributed by atoms with Gasteiger partial charge in [-0.15, -0.1) is 0 Å². The third-order valence-corrected chi connectivity index (χ3v) is 8.67. The maximum atomic E-state index is 12.9. The average Bonchev–Trinajstić information content (AvgIpc) is 2.94. The molecular weight excluding hydrogens is 502 g/mol. The number of sulfonamides is 1. The number of aryl methyl sites for hydroxylation is 1. The lowest BCUT2D eigenvalue weighted by atomic mass is 10.1. The number of ether oxygens (including phenoxy) is 2. The van der Waals surface area contributed by atoms with Crippen LogP contribution in [0.15, 0.2) is 71.6 Å². The molecule has 1 aliphatic rings. The standard InChI is InChI=1S/C29H35N3O5S/c1-22-4-11-26(12-5-22)38(34,35)32-18-16-31(17-19-32)21-24-6-9-25(10-7-24)29(33)30-15-14-23-8-13-27(36-2)28(20-23)37-3/h4-13,20H,14-19,21H2,1-3H3,(H,30,33). The highest BCUT2D eigenvalue weighted by atomic mass is 32.2. The minimum atomic E-state index is -3.47. The summed E-state index contributed by atoms with van der Waals surface area (Å²) in [5.41, 5.74) is 3.77. The Bertz CT molecular complexity index is 1330. The van der Waals surface area contributed by atoms with E-state index < -0.39 is 10.0 Å². The molecule has 0 unspecified atom stereocenters. The molecule has 1 saturated heterocycles. The van der Waals surface area contributed by atoms with E-state index in [1.54, 1.807) is 30.7 Å². The molecule has 0 spiro atoms. The van der Waals surface area contributed by atoms with Crippen molar-refractivity contribution in [3.63, 3.8) is 0 Å². The second-order valence-corrected chi connectivity index (χ2v) is 11.3. The number of hydrogen-bond acceptors (Lipinski definition) is 6. The lowest BCUT2D eigenvalue weighted by Gasteiger charge is -2.34. The highest BCUT2D eigenvalue weighted by molar-refractivity contribution is 7.89. The summed E-state index contributed by atoms with van der Waals surface area (Å²) in [5, 5.41) is 2.97. The number of benzene rings is 3. The average molecular weight is 538 g/mol. The summed E-state index contributed by atoms with van der Waals surface area (Å²) in [5.74, 6) is 1.22. The predicted molar refractivity (Wildman–Crippen MR) is 147 cm³/mol. The summed E-state index contributed by atoms with van der Waals surface area (Å²) in [6, 6.07) is 20.3. The quantitative estimate of drug-likeness (QED) is 0.426. The Hall–Kier alpha value is -3.40. The summed E-state index contributed by atoms with van der Waals surface area (Å²) >= 11 is 0. The molecule has 3 aromatic rings. The Kier molecular flexibility index (Phi) is 9.04. The molecule has 0 saturated carbocycles. The first-order valence-electron chi connectivity index (χ1n) is 12.7. The number of nitrogens with zero attached hydrogens (tertiary/aromatic N) is 2. The van der Waals surface area contributed by atoms with Crippen LogP contribution in [-0.4, -0.2) is 70.5 Å². The summed E-state index contributed by atoms with van der Waals surface area (Å²) in [7, 11) is -0.270. The molecule has 1 fully saturated rings. The van der Waals surface area contributed by atoms with Gasteiger partial charge in [0.2, 0.25) is 10.0 Å². The fourth-order valence-corrected chi connectivity index (χ4v) is 5.89. The van der Waals surface area contributed by atoms with Crippen LogP contribution in [0, 0.1) is 6.92 Å². The van der Waals surface area contributed by atoms with Crippen molar-refractivity contribution in [1.82, 2.24) is 14.5 Å². The fourth-order valence-electron chi connectivity index (χ4n) is 4.47. The Labute approximate surface area is 225 Å². The van der Waals surface area contributed by atoms with Crippen molar-refractivity contribution in [2.24, 2.45) is 0 Å². The van der Waals surface area contributed by atoms with Gasteiger partial charge < -0.3 is 14.8 Å². The van der Waals surface area contributed by atoms with Gasteiger partial charge in [-0.3, -0.25) is 9.69 Å². The van der Waals surface area contributed by atoms with Crippen LogP contribution in [0.5, 0.6) is 11.5 Å². The zero-order valence-corrected chi connectivity index (χ0v) is 23.0. The second kappa shape index (κ2) is 12.4. The van der Waals surface area contributed by atoms with Crippen LogP contribution in [-0.2, 0) is 23.0 Å². The first kappa shape index (κ1) is 27.6. The largest absolute Gasteiger partial charge is 0.493 e. The van der Waals surface area contributed by atoms with Crippen molar-refractivity contribution in [2.75, 3.05) is 46.9 Å². The van der Waals surface area contributed by atoms with Crippen LogP contribution in [0.25, 0.3) is 0 Å². The molecule has 0 aliphatic carbocycles. The summed E-state index contributed by atoms with van der Waals surface area (Å²) in [6.45, 7) is 5.38. The van der Waals surface area contributed by atoms with Gasteiger partial charge in [0.1, 0.15) is 0 Å². The number of methoxy groups -OCH3 is 2. The Morgan fingerprint density at radius 1 is 0.842 bits per heavy atom. The third-order valence-electron chi connectivity index (χ3n) is 6.76. The number of amides is 1. The van der Waals surface area contributed by atoms with Crippen molar-refractivity contribution >= 4 is 15.9 Å². The van der Waals surface area contributed by atoms with Gasteiger partial charge in [0.05, 0.1) is 19.1 Å². The zero-order chi connectivity index (χ0) is 27.1. The molecule has 8 nitrogen and oxygen atoms in total. The monoisotopic (exact) mass is 537 g/mol. The molecular formula is C29H35N3O5S. The molecule has 1 heterocycles. The van der Waals surface area contributed by atoms with Crippen LogP contribution in [0.4, 0.5) is 0 Å². The maximum absolute atomic E-state index is 12.9. The number of carbonyl (C=O) groups is 1. The van der Waals surface area contributed by atoms with Crippen molar-refractivity contribution in [2.45, 2.75) is 24.8 Å². The van der Waals surface area contributed by atoms with Crippen molar-refractivity contribution in [1.29, 1.82) is 0 Å². The van der Waals surface area contributed by atoms with Gasteiger partial charge >= 0.3 is 0 Å². The van der Waals surface area contributed by atoms with Crippen molar-refractivity contribution in [3.8, 4) is 11.5 Å². The van der Waals surface area contributed by atoms with E-state index in [-0.39, 0.29) is 5.91 Å². The van der Waals surface area contributed by atoms with Gasteiger partial charge in [0.15, 0.2) is 11.5 Å². The summed E-state index contributed by atoms with van der Waals surface area (Å²) < 4.78 is 38.0. The van der Waals surface area contributed by atoms with Gasteiger partial charge in [-0.2, -0.15) is 4.31 Å².